The summed E-state index contributed by atoms with van der Waals surface area (Å²) in [6.45, 7) is 6.98. The van der Waals surface area contributed by atoms with E-state index in [1.165, 1.54) is 0 Å². The summed E-state index contributed by atoms with van der Waals surface area (Å²) in [4.78, 5) is 17.1. The van der Waals surface area contributed by atoms with Crippen LogP contribution in [0.15, 0.2) is 33.6 Å². The van der Waals surface area contributed by atoms with Crippen molar-refractivity contribution in [2.45, 2.75) is 44.4 Å². The minimum atomic E-state index is -3.62. The van der Waals surface area contributed by atoms with Gasteiger partial charge in [0.1, 0.15) is 4.90 Å². The summed E-state index contributed by atoms with van der Waals surface area (Å²) in [5.74, 6) is 0.587. The molecule has 142 valence electrons. The van der Waals surface area contributed by atoms with Gasteiger partial charge in [0.05, 0.1) is 5.92 Å². The second-order valence-corrected chi connectivity index (χ2v) is 8.57. The van der Waals surface area contributed by atoms with Gasteiger partial charge in [-0.25, -0.2) is 0 Å². The molecule has 0 N–H and O–H groups in total. The zero-order valence-corrected chi connectivity index (χ0v) is 16.3. The van der Waals surface area contributed by atoms with Crippen LogP contribution in [0.25, 0.3) is 0 Å². The SMILES string of the molecule is CCCN(CCC)C(=O)C1CCCN(C2=NS(=O)(=O)c3ccccc32)C1. The number of benzene rings is 1. The van der Waals surface area contributed by atoms with Crippen molar-refractivity contribution < 1.29 is 13.2 Å². The highest BCUT2D eigenvalue weighted by molar-refractivity contribution is 7.90. The van der Waals surface area contributed by atoms with E-state index >= 15 is 0 Å². The molecule has 1 aromatic carbocycles. The summed E-state index contributed by atoms with van der Waals surface area (Å²) in [5.41, 5.74) is 0.652. The first-order chi connectivity index (χ1) is 12.5. The molecule has 1 atom stereocenters. The normalized spacial score (nSPS) is 21.2. The second-order valence-electron chi connectivity index (χ2n) is 7.00. The minimum Gasteiger partial charge on any atom is -0.355 e. The smallest absolute Gasteiger partial charge is 0.285 e. The number of nitrogens with zero attached hydrogens (tertiary/aromatic N) is 3. The van der Waals surface area contributed by atoms with Gasteiger partial charge in [0.15, 0.2) is 5.84 Å². The Bertz CT molecular complexity index is 798. The number of piperidine rings is 1. The van der Waals surface area contributed by atoms with E-state index in [0.717, 1.165) is 45.3 Å². The molecule has 2 aliphatic heterocycles. The number of carbonyl (C=O) groups is 1. The van der Waals surface area contributed by atoms with Gasteiger partial charge in [-0.1, -0.05) is 26.0 Å². The Morgan fingerprint density at radius 2 is 1.92 bits per heavy atom. The van der Waals surface area contributed by atoms with Gasteiger partial charge in [0.2, 0.25) is 5.91 Å². The van der Waals surface area contributed by atoms with Crippen molar-refractivity contribution in [2.75, 3.05) is 26.2 Å². The maximum absolute atomic E-state index is 13.0. The third kappa shape index (κ3) is 3.63. The van der Waals surface area contributed by atoms with Crippen molar-refractivity contribution in [3.63, 3.8) is 0 Å². The van der Waals surface area contributed by atoms with Crippen molar-refractivity contribution in [2.24, 2.45) is 10.3 Å². The van der Waals surface area contributed by atoms with Gasteiger partial charge in [-0.15, -0.1) is 4.40 Å². The van der Waals surface area contributed by atoms with Crippen molar-refractivity contribution in [1.29, 1.82) is 0 Å². The lowest BCUT2D eigenvalue weighted by atomic mass is 9.95. The Balaban J connectivity index is 1.80. The summed E-state index contributed by atoms with van der Waals surface area (Å²) in [6.07, 6.45) is 3.60. The fourth-order valence-electron chi connectivity index (χ4n) is 3.82. The quantitative estimate of drug-likeness (QED) is 0.790. The number of amides is 1. The highest BCUT2D eigenvalue weighted by Crippen LogP contribution is 2.30. The molecule has 3 rings (SSSR count). The first kappa shape index (κ1) is 18.9. The third-order valence-electron chi connectivity index (χ3n) is 4.98. The molecule has 0 saturated carbocycles. The molecule has 26 heavy (non-hydrogen) atoms. The van der Waals surface area contributed by atoms with Crippen molar-refractivity contribution in [1.82, 2.24) is 9.80 Å². The van der Waals surface area contributed by atoms with E-state index in [-0.39, 0.29) is 16.7 Å². The number of hydrogen-bond donors (Lipinski definition) is 0. The molecule has 1 unspecified atom stereocenters. The lowest BCUT2D eigenvalue weighted by molar-refractivity contribution is -0.136. The standard InChI is InChI=1S/C19H27N3O3S/c1-3-11-21(12-4-2)19(23)15-8-7-13-22(14-15)18-16-9-5-6-10-17(16)26(24,25)20-18/h5-6,9-10,15H,3-4,7-8,11-14H2,1-2H3. The number of hydrogen-bond acceptors (Lipinski definition) is 4. The molecule has 6 nitrogen and oxygen atoms in total. The molecule has 0 aliphatic carbocycles. The Morgan fingerprint density at radius 3 is 2.62 bits per heavy atom. The molecule has 0 spiro atoms. The highest BCUT2D eigenvalue weighted by atomic mass is 32.2. The second kappa shape index (κ2) is 7.78. The van der Waals surface area contributed by atoms with Gasteiger partial charge < -0.3 is 9.80 Å². The number of carbonyl (C=O) groups excluding carboxylic acids is 1. The summed E-state index contributed by atoms with van der Waals surface area (Å²) < 4.78 is 28.6. The maximum atomic E-state index is 13.0. The third-order valence-corrected chi connectivity index (χ3v) is 6.31. The van der Waals surface area contributed by atoms with Crippen LogP contribution >= 0.6 is 0 Å². The van der Waals surface area contributed by atoms with Crippen LogP contribution in [0.3, 0.4) is 0 Å². The summed E-state index contributed by atoms with van der Waals surface area (Å²) in [6, 6.07) is 6.93. The number of rotatable bonds is 5. The van der Waals surface area contributed by atoms with Crippen molar-refractivity contribution >= 4 is 21.8 Å². The van der Waals surface area contributed by atoms with E-state index < -0.39 is 10.0 Å². The average Bonchev–Trinajstić information content (AvgIpc) is 2.93. The first-order valence-electron chi connectivity index (χ1n) is 9.46. The summed E-state index contributed by atoms with van der Waals surface area (Å²) in [5, 5.41) is 0. The summed E-state index contributed by atoms with van der Waals surface area (Å²) in [7, 11) is -3.62. The number of amidine groups is 1. The molecule has 1 fully saturated rings. The molecule has 7 heteroatoms. The minimum absolute atomic E-state index is 0.0972. The monoisotopic (exact) mass is 377 g/mol. The average molecular weight is 378 g/mol. The van der Waals surface area contributed by atoms with Crippen LogP contribution in [-0.4, -0.2) is 56.1 Å². The fraction of sp³-hybridized carbons (Fsp3) is 0.579. The van der Waals surface area contributed by atoms with Gasteiger partial charge >= 0.3 is 0 Å². The molecular weight excluding hydrogens is 350 g/mol. The van der Waals surface area contributed by atoms with Crippen LogP contribution in [0.2, 0.25) is 0 Å². The molecule has 2 aliphatic rings. The van der Waals surface area contributed by atoms with Crippen molar-refractivity contribution in [3.8, 4) is 0 Å². The van der Waals surface area contributed by atoms with E-state index in [9.17, 15) is 13.2 Å². The largest absolute Gasteiger partial charge is 0.355 e. The van der Waals surface area contributed by atoms with E-state index in [1.54, 1.807) is 18.2 Å². The number of likely N-dealkylation sites (tertiary alicyclic amines) is 1. The number of sulfonamides is 1. The van der Waals surface area contributed by atoms with E-state index in [0.29, 0.717) is 17.9 Å². The lowest BCUT2D eigenvalue weighted by Crippen LogP contribution is -2.47. The van der Waals surface area contributed by atoms with Crippen molar-refractivity contribution in [3.05, 3.63) is 29.8 Å². The van der Waals surface area contributed by atoms with Crippen LogP contribution in [0.4, 0.5) is 0 Å². The zero-order chi connectivity index (χ0) is 18.7. The zero-order valence-electron chi connectivity index (χ0n) is 15.5. The first-order valence-corrected chi connectivity index (χ1v) is 10.9. The van der Waals surface area contributed by atoms with Gasteiger partial charge in [-0.2, -0.15) is 8.42 Å². The fourth-order valence-corrected chi connectivity index (χ4v) is 5.05. The molecule has 0 radical (unpaired) electrons. The van der Waals surface area contributed by atoms with Crippen LogP contribution in [0, 0.1) is 5.92 Å². The van der Waals surface area contributed by atoms with Gasteiger partial charge in [-0.05, 0) is 37.8 Å². The lowest BCUT2D eigenvalue weighted by Gasteiger charge is -2.36. The Hall–Kier alpha value is -1.89. The Labute approximate surface area is 156 Å². The molecule has 2 heterocycles. The van der Waals surface area contributed by atoms with Crippen LogP contribution < -0.4 is 0 Å². The molecule has 0 bridgehead atoms. The molecule has 1 saturated heterocycles. The molecule has 0 aromatic heterocycles. The molecule has 1 amide bonds. The predicted octanol–water partition coefficient (Wildman–Crippen LogP) is 2.50. The van der Waals surface area contributed by atoms with Crippen LogP contribution in [-0.2, 0) is 14.8 Å². The highest BCUT2D eigenvalue weighted by Gasteiger charge is 2.36. The van der Waals surface area contributed by atoms with Crippen LogP contribution in [0.5, 0.6) is 0 Å². The molecule has 1 aromatic rings. The molecular formula is C19H27N3O3S. The topological polar surface area (TPSA) is 70.1 Å². The Kier molecular flexibility index (Phi) is 5.65. The van der Waals surface area contributed by atoms with E-state index in [1.807, 2.05) is 15.9 Å². The van der Waals surface area contributed by atoms with E-state index in [2.05, 4.69) is 18.2 Å². The predicted molar refractivity (Wildman–Crippen MR) is 102 cm³/mol. The summed E-state index contributed by atoms with van der Waals surface area (Å²) >= 11 is 0. The number of fused-ring (bicyclic) bond motifs is 1. The maximum Gasteiger partial charge on any atom is 0.285 e. The van der Waals surface area contributed by atoms with Gasteiger partial charge in [0, 0.05) is 31.7 Å². The van der Waals surface area contributed by atoms with Crippen LogP contribution in [0.1, 0.15) is 45.1 Å². The van der Waals surface area contributed by atoms with E-state index in [4.69, 9.17) is 0 Å². The van der Waals surface area contributed by atoms with Gasteiger partial charge in [-0.3, -0.25) is 4.79 Å². The Morgan fingerprint density at radius 1 is 1.23 bits per heavy atom. The van der Waals surface area contributed by atoms with Gasteiger partial charge in [0.25, 0.3) is 10.0 Å².